The molecular formula is C10H13O. The minimum Gasteiger partial charge on any atom is -0.488 e. The Morgan fingerprint density at radius 2 is 2.09 bits per heavy atom. The van der Waals surface area contributed by atoms with E-state index < -0.39 is 0 Å². The van der Waals surface area contributed by atoms with E-state index in [1.807, 2.05) is 45.0 Å². The zero-order valence-corrected chi connectivity index (χ0v) is 7.22. The number of rotatable bonds is 1. The minimum absolute atomic E-state index is 0.116. The van der Waals surface area contributed by atoms with Gasteiger partial charge in [0.05, 0.1) is 0 Å². The summed E-state index contributed by atoms with van der Waals surface area (Å²) < 4.78 is 5.57. The first-order chi connectivity index (χ1) is 5.08. The van der Waals surface area contributed by atoms with Gasteiger partial charge in [-0.25, -0.2) is 0 Å². The molecule has 0 aliphatic carbocycles. The molecule has 0 aliphatic rings. The Bertz CT molecular complexity index is 208. The molecule has 1 radical (unpaired) electrons. The Morgan fingerprint density at radius 1 is 1.36 bits per heavy atom. The predicted molar refractivity (Wildman–Crippen MR) is 45.7 cm³/mol. The third kappa shape index (κ3) is 3.08. The Balaban J connectivity index is 2.66. The first kappa shape index (κ1) is 8.12. The van der Waals surface area contributed by atoms with Crippen molar-refractivity contribution in [1.29, 1.82) is 0 Å². The molecule has 0 aromatic heterocycles. The number of hydrogen-bond acceptors (Lipinski definition) is 1. The minimum atomic E-state index is -0.116. The molecule has 0 bridgehead atoms. The Labute approximate surface area is 68.0 Å². The molecule has 1 nitrogen and oxygen atoms in total. The molecule has 0 aliphatic heterocycles. The van der Waals surface area contributed by atoms with Crippen LogP contribution in [0.15, 0.2) is 24.3 Å². The van der Waals surface area contributed by atoms with Gasteiger partial charge in [-0.1, -0.05) is 12.1 Å². The molecule has 0 saturated carbocycles. The van der Waals surface area contributed by atoms with E-state index >= 15 is 0 Å². The van der Waals surface area contributed by atoms with Gasteiger partial charge in [-0.05, 0) is 39.0 Å². The van der Waals surface area contributed by atoms with Gasteiger partial charge in [0.2, 0.25) is 0 Å². The van der Waals surface area contributed by atoms with Gasteiger partial charge in [-0.3, -0.25) is 0 Å². The summed E-state index contributed by atoms with van der Waals surface area (Å²) in [5.41, 5.74) is -0.116. The van der Waals surface area contributed by atoms with E-state index in [1.165, 1.54) is 0 Å². The SMILES string of the molecule is CC(C)(C)Oc1c[c]ccc1. The first-order valence-electron chi connectivity index (χ1n) is 3.73. The summed E-state index contributed by atoms with van der Waals surface area (Å²) in [6.45, 7) is 6.08. The van der Waals surface area contributed by atoms with Crippen LogP contribution in [0.1, 0.15) is 20.8 Å². The highest BCUT2D eigenvalue weighted by Crippen LogP contribution is 2.15. The summed E-state index contributed by atoms with van der Waals surface area (Å²) in [7, 11) is 0. The normalized spacial score (nSPS) is 11.2. The summed E-state index contributed by atoms with van der Waals surface area (Å²) in [5, 5.41) is 0. The molecule has 0 amide bonds. The molecule has 0 heterocycles. The highest BCUT2D eigenvalue weighted by Gasteiger charge is 2.10. The smallest absolute Gasteiger partial charge is 0.120 e. The zero-order valence-electron chi connectivity index (χ0n) is 7.22. The molecule has 1 aromatic carbocycles. The van der Waals surface area contributed by atoms with Crippen LogP contribution < -0.4 is 4.74 Å². The monoisotopic (exact) mass is 149 g/mol. The lowest BCUT2D eigenvalue weighted by Gasteiger charge is -2.20. The van der Waals surface area contributed by atoms with Crippen LogP contribution in [0.5, 0.6) is 5.75 Å². The number of ether oxygens (including phenoxy) is 1. The second-order valence-corrected chi connectivity index (χ2v) is 3.45. The van der Waals surface area contributed by atoms with Crippen LogP contribution >= 0.6 is 0 Å². The molecule has 1 rings (SSSR count). The Hall–Kier alpha value is -0.980. The van der Waals surface area contributed by atoms with E-state index in [0.717, 1.165) is 5.75 Å². The quantitative estimate of drug-likeness (QED) is 0.596. The van der Waals surface area contributed by atoms with Gasteiger partial charge in [-0.15, -0.1) is 0 Å². The fraction of sp³-hybridized carbons (Fsp3) is 0.400. The maximum absolute atomic E-state index is 5.57. The third-order valence-corrected chi connectivity index (χ3v) is 1.10. The lowest BCUT2D eigenvalue weighted by atomic mass is 10.2. The lowest BCUT2D eigenvalue weighted by molar-refractivity contribution is 0.131. The summed E-state index contributed by atoms with van der Waals surface area (Å²) in [6, 6.07) is 10.5. The fourth-order valence-electron chi connectivity index (χ4n) is 0.794. The van der Waals surface area contributed by atoms with Crippen LogP contribution in [0.2, 0.25) is 0 Å². The van der Waals surface area contributed by atoms with Crippen LogP contribution in [0, 0.1) is 6.07 Å². The maximum atomic E-state index is 5.57. The summed E-state index contributed by atoms with van der Waals surface area (Å²) in [6.07, 6.45) is 0. The van der Waals surface area contributed by atoms with Crippen LogP contribution in [-0.2, 0) is 0 Å². The van der Waals surface area contributed by atoms with Crippen molar-refractivity contribution >= 4 is 0 Å². The van der Waals surface area contributed by atoms with E-state index in [2.05, 4.69) is 6.07 Å². The third-order valence-electron chi connectivity index (χ3n) is 1.10. The fourth-order valence-corrected chi connectivity index (χ4v) is 0.794. The molecule has 0 atom stereocenters. The molecule has 0 saturated heterocycles. The molecule has 0 N–H and O–H groups in total. The molecular weight excluding hydrogens is 136 g/mol. The zero-order chi connectivity index (χ0) is 8.32. The Morgan fingerprint density at radius 3 is 2.55 bits per heavy atom. The van der Waals surface area contributed by atoms with Gasteiger partial charge in [0.1, 0.15) is 11.4 Å². The van der Waals surface area contributed by atoms with Crippen LogP contribution in [-0.4, -0.2) is 5.60 Å². The van der Waals surface area contributed by atoms with Gasteiger partial charge < -0.3 is 4.74 Å². The standard InChI is InChI=1S/C10H13O/c1-10(2,3)11-9-7-5-4-6-8-9/h4-5,7-8H,1-3H3. The molecule has 1 heteroatoms. The summed E-state index contributed by atoms with van der Waals surface area (Å²) in [5.74, 6) is 0.875. The second kappa shape index (κ2) is 2.95. The van der Waals surface area contributed by atoms with Gasteiger partial charge in [0.25, 0.3) is 0 Å². The van der Waals surface area contributed by atoms with Crippen molar-refractivity contribution < 1.29 is 4.74 Å². The summed E-state index contributed by atoms with van der Waals surface area (Å²) >= 11 is 0. The van der Waals surface area contributed by atoms with Crippen molar-refractivity contribution in [3.05, 3.63) is 30.3 Å². The first-order valence-corrected chi connectivity index (χ1v) is 3.73. The van der Waals surface area contributed by atoms with E-state index in [9.17, 15) is 0 Å². The van der Waals surface area contributed by atoms with Crippen LogP contribution in [0.3, 0.4) is 0 Å². The Kier molecular flexibility index (Phi) is 2.18. The van der Waals surface area contributed by atoms with Crippen molar-refractivity contribution in [3.63, 3.8) is 0 Å². The predicted octanol–water partition coefficient (Wildman–Crippen LogP) is 2.66. The number of benzene rings is 1. The highest BCUT2D eigenvalue weighted by atomic mass is 16.5. The van der Waals surface area contributed by atoms with Crippen molar-refractivity contribution in [2.45, 2.75) is 26.4 Å². The highest BCUT2D eigenvalue weighted by molar-refractivity contribution is 5.20. The lowest BCUT2D eigenvalue weighted by Crippen LogP contribution is -2.22. The molecule has 11 heavy (non-hydrogen) atoms. The van der Waals surface area contributed by atoms with Crippen LogP contribution in [0.25, 0.3) is 0 Å². The van der Waals surface area contributed by atoms with Crippen molar-refractivity contribution in [2.75, 3.05) is 0 Å². The van der Waals surface area contributed by atoms with Gasteiger partial charge in [0.15, 0.2) is 0 Å². The average molecular weight is 149 g/mol. The molecule has 0 unspecified atom stereocenters. The van der Waals surface area contributed by atoms with E-state index in [1.54, 1.807) is 0 Å². The van der Waals surface area contributed by atoms with Gasteiger partial charge >= 0.3 is 0 Å². The van der Waals surface area contributed by atoms with Crippen molar-refractivity contribution in [2.24, 2.45) is 0 Å². The second-order valence-electron chi connectivity index (χ2n) is 3.45. The van der Waals surface area contributed by atoms with E-state index in [0.29, 0.717) is 0 Å². The average Bonchev–Trinajstić information content (AvgIpc) is 1.85. The van der Waals surface area contributed by atoms with Gasteiger partial charge in [0, 0.05) is 0 Å². The van der Waals surface area contributed by atoms with E-state index in [4.69, 9.17) is 4.74 Å². The topological polar surface area (TPSA) is 9.23 Å². The molecule has 59 valence electrons. The van der Waals surface area contributed by atoms with Crippen molar-refractivity contribution in [1.82, 2.24) is 0 Å². The maximum Gasteiger partial charge on any atom is 0.120 e. The summed E-state index contributed by atoms with van der Waals surface area (Å²) in [4.78, 5) is 0. The molecule has 0 fully saturated rings. The number of hydrogen-bond donors (Lipinski definition) is 0. The van der Waals surface area contributed by atoms with Gasteiger partial charge in [-0.2, -0.15) is 0 Å². The van der Waals surface area contributed by atoms with Crippen LogP contribution in [0.4, 0.5) is 0 Å². The molecule has 1 aromatic rings. The van der Waals surface area contributed by atoms with Crippen molar-refractivity contribution in [3.8, 4) is 5.75 Å². The molecule has 0 spiro atoms. The van der Waals surface area contributed by atoms with E-state index in [-0.39, 0.29) is 5.60 Å². The largest absolute Gasteiger partial charge is 0.488 e.